The van der Waals surface area contributed by atoms with Gasteiger partial charge >= 0.3 is 12.1 Å². The number of nitrogens with zero attached hydrogens (tertiary/aromatic N) is 1. The molecule has 0 aliphatic carbocycles. The van der Waals surface area contributed by atoms with Gasteiger partial charge in [-0.05, 0) is 58.0 Å². The zero-order chi connectivity index (χ0) is 32.3. The number of hydrogen-bond acceptors (Lipinski definition) is 7. The van der Waals surface area contributed by atoms with Crippen LogP contribution in [0, 0.1) is 11.3 Å². The predicted molar refractivity (Wildman–Crippen MR) is 176 cm³/mol. The Morgan fingerprint density at radius 2 is 1.67 bits per heavy atom. The molecule has 2 N–H and O–H groups in total. The average Bonchev–Trinajstić information content (AvgIpc) is 3.10. The summed E-state index contributed by atoms with van der Waals surface area (Å²) in [7, 11) is 1.28. The second-order valence-corrected chi connectivity index (χ2v) is 11.4. The van der Waals surface area contributed by atoms with E-state index in [9.17, 15) is 20.1 Å². The molecule has 240 valence electrons. The lowest BCUT2D eigenvalue weighted by Crippen LogP contribution is -2.49. The maximum Gasteiger partial charge on any atom is 0.407 e. The first-order chi connectivity index (χ1) is 22.4. The Morgan fingerprint density at radius 3 is 2.41 bits per heavy atom. The van der Waals surface area contributed by atoms with Crippen molar-refractivity contribution in [3.63, 3.8) is 0 Å². The van der Waals surface area contributed by atoms with Gasteiger partial charge in [0.25, 0.3) is 0 Å². The minimum atomic E-state index is -1.02. The maximum atomic E-state index is 12.2. The van der Waals surface area contributed by atoms with E-state index in [-0.39, 0.29) is 24.8 Å². The van der Waals surface area contributed by atoms with Crippen LogP contribution in [0.3, 0.4) is 0 Å². The van der Waals surface area contributed by atoms with Crippen LogP contribution in [0.2, 0.25) is 0 Å². The molecule has 46 heavy (non-hydrogen) atoms. The van der Waals surface area contributed by atoms with Gasteiger partial charge < -0.3 is 34.4 Å². The summed E-state index contributed by atoms with van der Waals surface area (Å²) >= 11 is 0. The Bertz CT molecular complexity index is 1610. The maximum absolute atomic E-state index is 12.2. The summed E-state index contributed by atoms with van der Waals surface area (Å²) in [6.07, 6.45) is -0.595. The number of esters is 1. The minimum absolute atomic E-state index is 0.125. The quantitative estimate of drug-likeness (QED) is 0.0930. The summed E-state index contributed by atoms with van der Waals surface area (Å²) in [6, 6.07) is 31.5. The molecule has 4 aromatic carbocycles. The van der Waals surface area contributed by atoms with Gasteiger partial charge in [-0.3, -0.25) is 0 Å². The highest BCUT2D eigenvalue weighted by Gasteiger charge is 2.40. The monoisotopic (exact) mass is 624 g/mol. The molecule has 5 rings (SSSR count). The van der Waals surface area contributed by atoms with E-state index in [1.54, 1.807) is 0 Å². The molecule has 3 atom stereocenters. The van der Waals surface area contributed by atoms with Gasteiger partial charge in [-0.15, -0.1) is 0 Å². The third-order valence-electron chi connectivity index (χ3n) is 8.39. The lowest BCUT2D eigenvalue weighted by atomic mass is 9.75. The fraction of sp³-hybridized carbons (Fsp3) is 0.324. The van der Waals surface area contributed by atoms with Crippen molar-refractivity contribution in [1.82, 2.24) is 4.90 Å². The Hall–Kier alpha value is -4.73. The number of fused-ring (bicyclic) bond motifs is 1. The number of rotatable bonds is 14. The summed E-state index contributed by atoms with van der Waals surface area (Å²) < 4.78 is 22.7. The van der Waals surface area contributed by atoms with Crippen molar-refractivity contribution in [2.24, 2.45) is 5.92 Å². The van der Waals surface area contributed by atoms with Gasteiger partial charge in [0, 0.05) is 25.4 Å². The molecule has 0 bridgehead atoms. The second kappa shape index (κ2) is 16.0. The van der Waals surface area contributed by atoms with Gasteiger partial charge in [-0.25, -0.2) is 9.59 Å². The number of piperidine rings is 1. The van der Waals surface area contributed by atoms with Gasteiger partial charge in [0.15, 0.2) is 0 Å². The number of methoxy groups -OCH3 is 1. The second-order valence-electron chi connectivity index (χ2n) is 11.4. The minimum Gasteiger partial charge on any atom is -0.494 e. The number of amides is 1. The molecule has 0 spiro atoms. The van der Waals surface area contributed by atoms with E-state index in [1.807, 2.05) is 97.1 Å². The Labute approximate surface area is 269 Å². The van der Waals surface area contributed by atoms with E-state index < -0.39 is 24.1 Å². The number of carbonyl (C=O) groups excluding carboxylic acids is 1. The largest absolute Gasteiger partial charge is 0.494 e. The zero-order valence-corrected chi connectivity index (χ0v) is 26.0. The smallest absolute Gasteiger partial charge is 0.407 e. The lowest BCUT2D eigenvalue weighted by Gasteiger charge is -2.41. The van der Waals surface area contributed by atoms with Crippen molar-refractivity contribution >= 4 is 28.5 Å². The predicted octanol–water partition coefficient (Wildman–Crippen LogP) is 6.54. The van der Waals surface area contributed by atoms with Gasteiger partial charge in [0.2, 0.25) is 0 Å². The summed E-state index contributed by atoms with van der Waals surface area (Å²) in [5.41, 5.74) is 2.96. The van der Waals surface area contributed by atoms with Gasteiger partial charge in [0.1, 0.15) is 18.5 Å². The van der Waals surface area contributed by atoms with E-state index in [0.717, 1.165) is 34.1 Å². The molecule has 0 saturated carbocycles. The molecule has 1 heterocycles. The van der Waals surface area contributed by atoms with E-state index in [1.165, 1.54) is 12.0 Å². The number of hydrogen-bond donors (Lipinski definition) is 2. The number of likely N-dealkylation sites (tertiary alicyclic amines) is 1. The van der Waals surface area contributed by atoms with Crippen LogP contribution < -0.4 is 4.74 Å². The van der Waals surface area contributed by atoms with Crippen molar-refractivity contribution in [1.29, 1.82) is 5.41 Å². The van der Waals surface area contributed by atoms with Crippen molar-refractivity contribution in [2.75, 3.05) is 40.0 Å². The zero-order valence-electron chi connectivity index (χ0n) is 26.0. The fourth-order valence-electron chi connectivity index (χ4n) is 5.96. The summed E-state index contributed by atoms with van der Waals surface area (Å²) in [5.74, 6) is -0.388. The highest BCUT2D eigenvalue weighted by Crippen LogP contribution is 2.38. The van der Waals surface area contributed by atoms with Crippen LogP contribution in [-0.4, -0.2) is 73.9 Å². The van der Waals surface area contributed by atoms with Crippen LogP contribution in [0.5, 0.6) is 5.75 Å². The first-order valence-electron chi connectivity index (χ1n) is 15.5. The number of ether oxygens (including phenoxy) is 4. The summed E-state index contributed by atoms with van der Waals surface area (Å²) in [5, 5.41) is 21.2. The summed E-state index contributed by atoms with van der Waals surface area (Å²) in [4.78, 5) is 25.6. The van der Waals surface area contributed by atoms with Crippen LogP contribution in [0.4, 0.5) is 4.79 Å². The highest BCUT2D eigenvalue weighted by molar-refractivity contribution is 6.04. The number of benzene rings is 4. The van der Waals surface area contributed by atoms with E-state index >= 15 is 0 Å². The van der Waals surface area contributed by atoms with Gasteiger partial charge in [-0.2, -0.15) is 0 Å². The van der Waals surface area contributed by atoms with E-state index in [4.69, 9.17) is 18.9 Å². The van der Waals surface area contributed by atoms with E-state index in [2.05, 4.69) is 0 Å². The Morgan fingerprint density at radius 1 is 0.935 bits per heavy atom. The molecular formula is C37H40N2O7. The molecule has 9 heteroatoms. The molecule has 4 aromatic rings. The molecular weight excluding hydrogens is 584 g/mol. The molecule has 1 saturated heterocycles. The number of nitrogens with one attached hydrogen (secondary N) is 1. The molecule has 1 aliphatic heterocycles. The molecule has 9 nitrogen and oxygen atoms in total. The van der Waals surface area contributed by atoms with Crippen molar-refractivity contribution in [2.45, 2.75) is 31.5 Å². The third-order valence-corrected chi connectivity index (χ3v) is 8.39. The first-order valence-corrected chi connectivity index (χ1v) is 15.5. The third kappa shape index (κ3) is 8.50. The highest BCUT2D eigenvalue weighted by atomic mass is 16.6. The van der Waals surface area contributed by atoms with Crippen molar-refractivity contribution in [3.8, 4) is 5.75 Å². The molecule has 3 unspecified atom stereocenters. The fourth-order valence-corrected chi connectivity index (χ4v) is 5.96. The molecule has 1 fully saturated rings. The molecule has 0 aromatic heterocycles. The van der Waals surface area contributed by atoms with Gasteiger partial charge in [0.05, 0.1) is 32.6 Å². The number of carboxylic acid groups (broad SMARTS) is 1. The van der Waals surface area contributed by atoms with Crippen LogP contribution in [0.1, 0.15) is 35.4 Å². The number of carbonyl (C=O) groups is 2. The normalized spacial score (nSPS) is 16.9. The molecule has 0 radical (unpaired) electrons. The van der Waals surface area contributed by atoms with Crippen LogP contribution in [0.25, 0.3) is 10.8 Å². The molecule has 1 aliphatic rings. The SMILES string of the molecule is COC(=O)COC(C(=N)c1ccc2ccccc2c1)C1CN(C(=O)O)CCC1c1ccc(OCCCOCc2ccccc2)cc1. The topological polar surface area (TPSA) is 118 Å². The standard InChI is InChI=1S/C37H40N2O7/c1-43-34(40)25-46-36(35(38)30-13-12-27-10-5-6-11-29(27)22-30)33-23-39(37(41)42)19-18-32(33)28-14-16-31(17-15-28)45-21-7-20-44-24-26-8-3-2-4-9-26/h2-6,8-17,22,32-33,36,38H,7,18-21,23-25H2,1H3,(H,41,42). The van der Waals surface area contributed by atoms with E-state index in [0.29, 0.717) is 38.3 Å². The van der Waals surface area contributed by atoms with Gasteiger partial charge in [-0.1, -0.05) is 78.9 Å². The van der Waals surface area contributed by atoms with Crippen molar-refractivity contribution < 1.29 is 33.6 Å². The first kappa shape index (κ1) is 32.7. The lowest BCUT2D eigenvalue weighted by molar-refractivity contribution is -0.148. The van der Waals surface area contributed by atoms with Crippen LogP contribution in [0.15, 0.2) is 97.1 Å². The molecule has 1 amide bonds. The summed E-state index contributed by atoms with van der Waals surface area (Å²) in [6.45, 7) is 1.83. The van der Waals surface area contributed by atoms with Crippen LogP contribution >= 0.6 is 0 Å². The average molecular weight is 625 g/mol. The van der Waals surface area contributed by atoms with Crippen LogP contribution in [-0.2, 0) is 25.6 Å². The Kier molecular flexibility index (Phi) is 11.4. The Balaban J connectivity index is 1.30. The van der Waals surface area contributed by atoms with Crippen molar-refractivity contribution in [3.05, 3.63) is 114 Å².